The average molecular weight is 202 g/mol. The third kappa shape index (κ3) is 8.48. The number of hydrogen-bond donors (Lipinski definition) is 2. The van der Waals surface area contributed by atoms with Crippen LogP contribution in [0.2, 0.25) is 0 Å². The zero-order valence-electron chi connectivity index (χ0n) is 9.88. The van der Waals surface area contributed by atoms with E-state index in [9.17, 15) is 0 Å². The fourth-order valence-electron chi connectivity index (χ4n) is 1.34. The first kappa shape index (κ1) is 13.9. The van der Waals surface area contributed by atoms with E-state index in [0.717, 1.165) is 13.0 Å². The van der Waals surface area contributed by atoms with Crippen molar-refractivity contribution in [3.8, 4) is 0 Å². The average Bonchev–Trinajstić information content (AvgIpc) is 2.16. The summed E-state index contributed by atoms with van der Waals surface area (Å²) >= 11 is 0. The Hall–Kier alpha value is -0.120. The van der Waals surface area contributed by atoms with Gasteiger partial charge in [0.2, 0.25) is 0 Å². The van der Waals surface area contributed by atoms with E-state index < -0.39 is 0 Å². The van der Waals surface area contributed by atoms with Gasteiger partial charge in [-0.1, -0.05) is 32.6 Å². The fourth-order valence-corrected chi connectivity index (χ4v) is 1.34. The first-order valence-electron chi connectivity index (χ1n) is 5.78. The second-order valence-corrected chi connectivity index (χ2v) is 4.10. The zero-order valence-corrected chi connectivity index (χ0v) is 9.88. The molecule has 0 saturated heterocycles. The van der Waals surface area contributed by atoms with Crippen LogP contribution in [0.5, 0.6) is 0 Å². The van der Waals surface area contributed by atoms with Crippen LogP contribution < -0.4 is 11.3 Å². The molecule has 0 amide bonds. The standard InChI is InChI=1S/C11H26N2O/c1-4-5-6-7-8-11(13-12)9-14-10(2)3/h10-11,13H,4-9,12H2,1-3H3. The van der Waals surface area contributed by atoms with Gasteiger partial charge in [-0.3, -0.25) is 11.3 Å². The maximum Gasteiger partial charge on any atom is 0.0636 e. The number of unbranched alkanes of at least 4 members (excludes halogenated alkanes) is 3. The number of nitrogens with two attached hydrogens (primary N) is 1. The number of ether oxygens (including phenoxy) is 1. The molecule has 0 rings (SSSR count). The molecule has 0 bridgehead atoms. The van der Waals surface area contributed by atoms with Gasteiger partial charge >= 0.3 is 0 Å². The molecular weight excluding hydrogens is 176 g/mol. The quantitative estimate of drug-likeness (QED) is 0.342. The van der Waals surface area contributed by atoms with Crippen molar-refractivity contribution in [2.24, 2.45) is 5.84 Å². The van der Waals surface area contributed by atoms with Gasteiger partial charge in [-0.25, -0.2) is 0 Å². The Labute approximate surface area is 88.4 Å². The molecular formula is C11H26N2O. The number of hydrazine groups is 1. The molecule has 3 heteroatoms. The summed E-state index contributed by atoms with van der Waals surface area (Å²) in [6, 6.07) is 0.314. The molecule has 3 N–H and O–H groups in total. The van der Waals surface area contributed by atoms with Crippen molar-refractivity contribution in [2.75, 3.05) is 6.61 Å². The third-order valence-electron chi connectivity index (χ3n) is 2.27. The van der Waals surface area contributed by atoms with Crippen LogP contribution >= 0.6 is 0 Å². The van der Waals surface area contributed by atoms with Gasteiger partial charge in [0.15, 0.2) is 0 Å². The van der Waals surface area contributed by atoms with Crippen LogP contribution in [0.25, 0.3) is 0 Å². The van der Waals surface area contributed by atoms with E-state index in [-0.39, 0.29) is 0 Å². The van der Waals surface area contributed by atoms with Crippen LogP contribution in [0.15, 0.2) is 0 Å². The highest BCUT2D eigenvalue weighted by molar-refractivity contribution is 4.62. The topological polar surface area (TPSA) is 47.3 Å². The van der Waals surface area contributed by atoms with Crippen molar-refractivity contribution in [2.45, 2.75) is 65.0 Å². The molecule has 0 radical (unpaired) electrons. The summed E-state index contributed by atoms with van der Waals surface area (Å²) < 4.78 is 5.51. The Morgan fingerprint density at radius 2 is 1.93 bits per heavy atom. The Kier molecular flexibility index (Phi) is 9.35. The maximum atomic E-state index is 5.51. The molecule has 3 nitrogen and oxygen atoms in total. The summed E-state index contributed by atoms with van der Waals surface area (Å²) in [7, 11) is 0. The third-order valence-corrected chi connectivity index (χ3v) is 2.27. The van der Waals surface area contributed by atoms with Gasteiger partial charge in [0, 0.05) is 6.04 Å². The van der Waals surface area contributed by atoms with E-state index in [1.807, 2.05) is 13.8 Å². The monoisotopic (exact) mass is 202 g/mol. The van der Waals surface area contributed by atoms with Crippen molar-refractivity contribution in [1.29, 1.82) is 0 Å². The minimum Gasteiger partial charge on any atom is -0.377 e. The van der Waals surface area contributed by atoms with E-state index in [4.69, 9.17) is 10.6 Å². The number of rotatable bonds is 9. The van der Waals surface area contributed by atoms with E-state index in [0.29, 0.717) is 12.1 Å². The van der Waals surface area contributed by atoms with Crippen LogP contribution in [-0.2, 0) is 4.74 Å². The lowest BCUT2D eigenvalue weighted by atomic mass is 10.1. The van der Waals surface area contributed by atoms with E-state index in [1.54, 1.807) is 0 Å². The molecule has 0 aliphatic heterocycles. The van der Waals surface area contributed by atoms with Gasteiger partial charge < -0.3 is 4.74 Å². The molecule has 0 aromatic heterocycles. The summed E-state index contributed by atoms with van der Waals surface area (Å²) in [5.41, 5.74) is 2.81. The summed E-state index contributed by atoms with van der Waals surface area (Å²) in [5, 5.41) is 0. The molecule has 1 atom stereocenters. The molecule has 0 spiro atoms. The van der Waals surface area contributed by atoms with Crippen LogP contribution in [0.4, 0.5) is 0 Å². The Balaban J connectivity index is 3.38. The fraction of sp³-hybridized carbons (Fsp3) is 1.00. The van der Waals surface area contributed by atoms with Crippen LogP contribution in [0.3, 0.4) is 0 Å². The molecule has 14 heavy (non-hydrogen) atoms. The minimum atomic E-state index is 0.293. The Morgan fingerprint density at radius 3 is 2.43 bits per heavy atom. The minimum absolute atomic E-state index is 0.293. The highest BCUT2D eigenvalue weighted by Gasteiger charge is 2.06. The van der Waals surface area contributed by atoms with Crippen molar-refractivity contribution < 1.29 is 4.74 Å². The second kappa shape index (κ2) is 9.44. The Bertz CT molecular complexity index is 118. The van der Waals surface area contributed by atoms with Crippen molar-refractivity contribution in [3.05, 3.63) is 0 Å². The summed E-state index contributed by atoms with van der Waals surface area (Å²) in [6.07, 6.45) is 6.55. The van der Waals surface area contributed by atoms with Crippen LogP contribution in [-0.4, -0.2) is 18.8 Å². The van der Waals surface area contributed by atoms with Gasteiger partial charge in [0.05, 0.1) is 12.7 Å². The summed E-state index contributed by atoms with van der Waals surface area (Å²) in [6.45, 7) is 7.04. The molecule has 0 fully saturated rings. The van der Waals surface area contributed by atoms with Gasteiger partial charge in [0.1, 0.15) is 0 Å². The molecule has 0 aliphatic rings. The normalized spacial score (nSPS) is 13.5. The SMILES string of the molecule is CCCCCCC(COC(C)C)NN. The molecule has 0 aliphatic carbocycles. The first-order chi connectivity index (χ1) is 6.70. The zero-order chi connectivity index (χ0) is 10.8. The highest BCUT2D eigenvalue weighted by Crippen LogP contribution is 2.06. The molecule has 0 heterocycles. The lowest BCUT2D eigenvalue weighted by Crippen LogP contribution is -2.39. The molecule has 1 unspecified atom stereocenters. The highest BCUT2D eigenvalue weighted by atomic mass is 16.5. The van der Waals surface area contributed by atoms with Gasteiger partial charge in [0.25, 0.3) is 0 Å². The van der Waals surface area contributed by atoms with Crippen molar-refractivity contribution >= 4 is 0 Å². The smallest absolute Gasteiger partial charge is 0.0636 e. The molecule has 0 aromatic carbocycles. The lowest BCUT2D eigenvalue weighted by Gasteiger charge is -2.17. The number of nitrogens with one attached hydrogen (secondary N) is 1. The molecule has 0 aromatic rings. The second-order valence-electron chi connectivity index (χ2n) is 4.10. The van der Waals surface area contributed by atoms with Crippen molar-refractivity contribution in [3.63, 3.8) is 0 Å². The van der Waals surface area contributed by atoms with Gasteiger partial charge in [-0.05, 0) is 20.3 Å². The predicted octanol–water partition coefficient (Wildman–Crippen LogP) is 2.21. The van der Waals surface area contributed by atoms with Gasteiger partial charge in [-0.15, -0.1) is 0 Å². The van der Waals surface area contributed by atoms with Crippen LogP contribution in [0.1, 0.15) is 52.9 Å². The lowest BCUT2D eigenvalue weighted by molar-refractivity contribution is 0.0590. The number of hydrogen-bond acceptors (Lipinski definition) is 3. The van der Waals surface area contributed by atoms with E-state index in [1.165, 1.54) is 25.7 Å². The molecule has 86 valence electrons. The van der Waals surface area contributed by atoms with E-state index in [2.05, 4.69) is 12.3 Å². The summed E-state index contributed by atoms with van der Waals surface area (Å²) in [5.74, 6) is 5.44. The van der Waals surface area contributed by atoms with Gasteiger partial charge in [-0.2, -0.15) is 0 Å². The van der Waals surface area contributed by atoms with Crippen LogP contribution in [0, 0.1) is 0 Å². The largest absolute Gasteiger partial charge is 0.377 e. The summed E-state index contributed by atoms with van der Waals surface area (Å²) in [4.78, 5) is 0. The van der Waals surface area contributed by atoms with Crippen molar-refractivity contribution in [1.82, 2.24) is 5.43 Å². The van der Waals surface area contributed by atoms with E-state index >= 15 is 0 Å². The molecule has 0 saturated carbocycles. The first-order valence-corrected chi connectivity index (χ1v) is 5.78. The predicted molar refractivity (Wildman–Crippen MR) is 61.0 cm³/mol. The Morgan fingerprint density at radius 1 is 1.21 bits per heavy atom. The maximum absolute atomic E-state index is 5.51.